The van der Waals surface area contributed by atoms with Gasteiger partial charge in [-0.05, 0) is 53.6 Å². The van der Waals surface area contributed by atoms with E-state index in [1.807, 2.05) is 83.5 Å². The Labute approximate surface area is 200 Å². The third kappa shape index (κ3) is 4.64. The van der Waals surface area contributed by atoms with Gasteiger partial charge in [-0.2, -0.15) is 5.10 Å². The summed E-state index contributed by atoms with van der Waals surface area (Å²) < 4.78 is 2.77. The molecule has 5 aromatic rings. The average molecular weight is 494 g/mol. The molecule has 0 aliphatic carbocycles. The molecule has 0 saturated carbocycles. The van der Waals surface area contributed by atoms with Crippen LogP contribution in [0, 0.1) is 0 Å². The molecule has 5 rings (SSSR count). The zero-order valence-corrected chi connectivity index (χ0v) is 19.2. The van der Waals surface area contributed by atoms with E-state index >= 15 is 0 Å². The molecule has 0 atom stereocenters. The van der Waals surface area contributed by atoms with Crippen LogP contribution in [0.4, 0.5) is 5.69 Å². The monoisotopic (exact) mass is 493 g/mol. The lowest BCUT2D eigenvalue weighted by molar-refractivity contribution is 0.102. The molecule has 0 spiro atoms. The van der Waals surface area contributed by atoms with E-state index in [-0.39, 0.29) is 5.91 Å². The number of nitrogens with zero attached hydrogens (tertiary/aromatic N) is 2. The van der Waals surface area contributed by atoms with E-state index < -0.39 is 0 Å². The SMILES string of the molecule is O=C(Nc1ccc(Br)cc1)c1cc(-c2ccc(-c3ccccc3)cc2)n(-c2ccccc2)n1. The first-order valence-corrected chi connectivity index (χ1v) is 11.3. The normalized spacial score (nSPS) is 10.7. The van der Waals surface area contributed by atoms with Crippen LogP contribution in [-0.4, -0.2) is 15.7 Å². The zero-order chi connectivity index (χ0) is 22.6. The number of rotatable bonds is 5. The van der Waals surface area contributed by atoms with Crippen molar-refractivity contribution in [3.05, 3.63) is 125 Å². The highest BCUT2D eigenvalue weighted by Gasteiger charge is 2.17. The maximum absolute atomic E-state index is 13.0. The van der Waals surface area contributed by atoms with E-state index in [1.165, 1.54) is 0 Å². The molecule has 0 saturated heterocycles. The first-order valence-electron chi connectivity index (χ1n) is 10.6. The maximum Gasteiger partial charge on any atom is 0.276 e. The molecule has 0 unspecified atom stereocenters. The summed E-state index contributed by atoms with van der Waals surface area (Å²) in [6.45, 7) is 0. The van der Waals surface area contributed by atoms with Crippen LogP contribution in [0.15, 0.2) is 120 Å². The van der Waals surface area contributed by atoms with Crippen molar-refractivity contribution in [2.75, 3.05) is 5.32 Å². The van der Waals surface area contributed by atoms with E-state index in [9.17, 15) is 4.79 Å². The smallest absolute Gasteiger partial charge is 0.276 e. The number of halogens is 1. The molecule has 160 valence electrons. The molecule has 1 heterocycles. The van der Waals surface area contributed by atoms with Gasteiger partial charge in [0.05, 0.1) is 11.4 Å². The minimum Gasteiger partial charge on any atom is -0.321 e. The van der Waals surface area contributed by atoms with Gasteiger partial charge in [0.2, 0.25) is 0 Å². The second-order valence-electron chi connectivity index (χ2n) is 7.57. The highest BCUT2D eigenvalue weighted by molar-refractivity contribution is 9.10. The molecule has 1 aromatic heterocycles. The quantitative estimate of drug-likeness (QED) is 0.280. The minimum atomic E-state index is -0.255. The summed E-state index contributed by atoms with van der Waals surface area (Å²) in [6, 6.07) is 37.7. The van der Waals surface area contributed by atoms with Crippen molar-refractivity contribution >= 4 is 27.5 Å². The van der Waals surface area contributed by atoms with Crippen LogP contribution in [0.2, 0.25) is 0 Å². The Hall–Kier alpha value is -3.96. The fourth-order valence-electron chi connectivity index (χ4n) is 3.66. The molecule has 33 heavy (non-hydrogen) atoms. The number of hydrogen-bond acceptors (Lipinski definition) is 2. The summed E-state index contributed by atoms with van der Waals surface area (Å²) in [5, 5.41) is 7.57. The lowest BCUT2D eigenvalue weighted by Crippen LogP contribution is -2.13. The van der Waals surface area contributed by atoms with E-state index in [0.717, 1.165) is 32.5 Å². The fraction of sp³-hybridized carbons (Fsp3) is 0. The van der Waals surface area contributed by atoms with E-state index in [4.69, 9.17) is 0 Å². The zero-order valence-electron chi connectivity index (χ0n) is 17.7. The van der Waals surface area contributed by atoms with Gasteiger partial charge in [-0.25, -0.2) is 4.68 Å². The molecule has 1 N–H and O–H groups in total. The first kappa shape index (κ1) is 20.9. The Balaban J connectivity index is 1.51. The molecule has 0 radical (unpaired) electrons. The van der Waals surface area contributed by atoms with Crippen molar-refractivity contribution in [1.29, 1.82) is 0 Å². The predicted molar refractivity (Wildman–Crippen MR) is 137 cm³/mol. The Morgan fingerprint density at radius 1 is 0.697 bits per heavy atom. The molecule has 1 amide bonds. The predicted octanol–water partition coefficient (Wildman–Crippen LogP) is 7.22. The first-order chi connectivity index (χ1) is 16.2. The number of nitrogens with one attached hydrogen (secondary N) is 1. The van der Waals surface area contributed by atoms with Crippen LogP contribution in [-0.2, 0) is 0 Å². The summed E-state index contributed by atoms with van der Waals surface area (Å²) in [6.07, 6.45) is 0. The third-order valence-corrected chi connectivity index (χ3v) is 5.86. The molecule has 0 aliphatic rings. The van der Waals surface area contributed by atoms with E-state index in [1.54, 1.807) is 0 Å². The van der Waals surface area contributed by atoms with Gasteiger partial charge in [-0.1, -0.05) is 88.7 Å². The van der Waals surface area contributed by atoms with Crippen molar-refractivity contribution in [2.24, 2.45) is 0 Å². The van der Waals surface area contributed by atoms with E-state index in [0.29, 0.717) is 11.4 Å². The van der Waals surface area contributed by atoms with Gasteiger partial charge in [0, 0.05) is 15.7 Å². The number of carbonyl (C=O) groups is 1. The third-order valence-electron chi connectivity index (χ3n) is 5.33. The van der Waals surface area contributed by atoms with Crippen LogP contribution < -0.4 is 5.32 Å². The second-order valence-corrected chi connectivity index (χ2v) is 8.48. The van der Waals surface area contributed by atoms with Crippen LogP contribution >= 0.6 is 15.9 Å². The van der Waals surface area contributed by atoms with Crippen molar-refractivity contribution in [3.63, 3.8) is 0 Å². The number of aromatic nitrogens is 2. The van der Waals surface area contributed by atoms with Crippen LogP contribution in [0.3, 0.4) is 0 Å². The van der Waals surface area contributed by atoms with Crippen LogP contribution in [0.5, 0.6) is 0 Å². The highest BCUT2D eigenvalue weighted by atomic mass is 79.9. The lowest BCUT2D eigenvalue weighted by Gasteiger charge is -2.08. The Kier molecular flexibility index (Phi) is 5.87. The van der Waals surface area contributed by atoms with Crippen molar-refractivity contribution in [3.8, 4) is 28.1 Å². The average Bonchev–Trinajstić information content (AvgIpc) is 3.32. The van der Waals surface area contributed by atoms with Crippen LogP contribution in [0.25, 0.3) is 28.1 Å². The van der Waals surface area contributed by atoms with Crippen molar-refractivity contribution in [1.82, 2.24) is 9.78 Å². The van der Waals surface area contributed by atoms with Crippen molar-refractivity contribution < 1.29 is 4.79 Å². The van der Waals surface area contributed by atoms with Gasteiger partial charge in [-0.3, -0.25) is 4.79 Å². The summed E-state index contributed by atoms with van der Waals surface area (Å²) in [4.78, 5) is 13.0. The number of hydrogen-bond donors (Lipinski definition) is 1. The van der Waals surface area contributed by atoms with Gasteiger partial charge in [0.1, 0.15) is 0 Å². The summed E-state index contributed by atoms with van der Waals surface area (Å²) in [7, 11) is 0. The fourth-order valence-corrected chi connectivity index (χ4v) is 3.92. The number of anilines is 1. The van der Waals surface area contributed by atoms with Gasteiger partial charge < -0.3 is 5.32 Å². The highest BCUT2D eigenvalue weighted by Crippen LogP contribution is 2.28. The largest absolute Gasteiger partial charge is 0.321 e. The van der Waals surface area contributed by atoms with Gasteiger partial charge in [0.25, 0.3) is 5.91 Å². The number of para-hydroxylation sites is 1. The lowest BCUT2D eigenvalue weighted by atomic mass is 10.0. The van der Waals surface area contributed by atoms with Crippen LogP contribution in [0.1, 0.15) is 10.5 Å². The number of carbonyl (C=O) groups excluding carboxylic acids is 1. The number of amides is 1. The maximum atomic E-state index is 13.0. The summed E-state index contributed by atoms with van der Waals surface area (Å²) in [5.74, 6) is -0.255. The molecule has 4 aromatic carbocycles. The Bertz CT molecular complexity index is 1380. The Morgan fingerprint density at radius 2 is 1.27 bits per heavy atom. The molecule has 5 heteroatoms. The van der Waals surface area contributed by atoms with Gasteiger partial charge in [0.15, 0.2) is 5.69 Å². The summed E-state index contributed by atoms with van der Waals surface area (Å²) in [5.41, 5.74) is 6.08. The standard InChI is InChI=1S/C28H20BrN3O/c29-23-15-17-24(18-16-23)30-28(33)26-19-27(32(31-26)25-9-5-2-6-10-25)22-13-11-21(12-14-22)20-7-3-1-4-8-20/h1-19H,(H,30,33). The second kappa shape index (κ2) is 9.27. The molecule has 0 aliphatic heterocycles. The van der Waals surface area contributed by atoms with Gasteiger partial charge >= 0.3 is 0 Å². The molecule has 0 fully saturated rings. The van der Waals surface area contributed by atoms with Crippen molar-refractivity contribution in [2.45, 2.75) is 0 Å². The minimum absolute atomic E-state index is 0.255. The Morgan fingerprint density at radius 3 is 1.94 bits per heavy atom. The van der Waals surface area contributed by atoms with E-state index in [2.05, 4.69) is 62.7 Å². The molecule has 0 bridgehead atoms. The topological polar surface area (TPSA) is 46.9 Å². The van der Waals surface area contributed by atoms with Gasteiger partial charge in [-0.15, -0.1) is 0 Å². The summed E-state index contributed by atoms with van der Waals surface area (Å²) >= 11 is 3.41. The molecular weight excluding hydrogens is 474 g/mol. The number of benzene rings is 4. The molecular formula is C28H20BrN3O. The molecule has 4 nitrogen and oxygen atoms in total.